The van der Waals surface area contributed by atoms with Gasteiger partial charge in [-0.25, -0.2) is 0 Å². The van der Waals surface area contributed by atoms with E-state index in [0.717, 1.165) is 6.04 Å². The van der Waals surface area contributed by atoms with Crippen LogP contribution in [0.5, 0.6) is 0 Å². The van der Waals surface area contributed by atoms with Crippen LogP contribution in [0.2, 0.25) is 6.04 Å². The van der Waals surface area contributed by atoms with Crippen LogP contribution in [-0.4, -0.2) is 9.41 Å². The second kappa shape index (κ2) is 19.0. The average Bonchev–Trinajstić information content (AvgIpc) is 2.47. The van der Waals surface area contributed by atoms with Crippen LogP contribution in [-0.2, 0) is 4.46 Å². The lowest BCUT2D eigenvalue weighted by Crippen LogP contribution is -1.84. The highest BCUT2D eigenvalue weighted by atomic mass is 28.2. The minimum atomic E-state index is -0.0812. The summed E-state index contributed by atoms with van der Waals surface area (Å²) in [5.74, 6) is 0. The third kappa shape index (κ3) is 18.0. The molecule has 20 heavy (non-hydrogen) atoms. The Bertz CT molecular complexity index is 182. The zero-order valence-electron chi connectivity index (χ0n) is 13.9. The van der Waals surface area contributed by atoms with E-state index in [0.29, 0.717) is 0 Å². The lowest BCUT2D eigenvalue weighted by Gasteiger charge is -2.03. The van der Waals surface area contributed by atoms with Crippen LogP contribution in [0.15, 0.2) is 0 Å². The van der Waals surface area contributed by atoms with Crippen LogP contribution in [0.3, 0.4) is 0 Å². The lowest BCUT2D eigenvalue weighted by atomic mass is 10.0. The number of hydrogen-bond acceptors (Lipinski definition) is 1. The van der Waals surface area contributed by atoms with Crippen LogP contribution < -0.4 is 0 Å². The van der Waals surface area contributed by atoms with Gasteiger partial charge < -0.3 is 4.46 Å². The van der Waals surface area contributed by atoms with E-state index in [-0.39, 0.29) is 9.41 Å². The highest BCUT2D eigenvalue weighted by Gasteiger charge is 1.94. The molecular formula is C18H37OSi. The smallest absolute Gasteiger partial charge is 0.325 e. The van der Waals surface area contributed by atoms with Crippen LogP contribution in [0.1, 0.15) is 110 Å². The number of rotatable bonds is 17. The minimum absolute atomic E-state index is 0.0812. The highest BCUT2D eigenvalue weighted by molar-refractivity contribution is 6.16. The predicted octanol–water partition coefficient (Wildman–Crippen LogP) is 6.72. The summed E-state index contributed by atoms with van der Waals surface area (Å²) in [4.78, 5) is 0. The Balaban J connectivity index is 2.90. The van der Waals surface area contributed by atoms with E-state index >= 15 is 0 Å². The van der Waals surface area contributed by atoms with Gasteiger partial charge in [0.15, 0.2) is 0 Å². The quantitative estimate of drug-likeness (QED) is 0.215. The third-order valence-electron chi connectivity index (χ3n) is 4.13. The van der Waals surface area contributed by atoms with Crippen molar-refractivity contribution in [3.05, 3.63) is 0 Å². The SMILES string of the molecule is CCCCCCCCCCCCCCCCCC[Si]=O. The molecule has 0 atom stereocenters. The molecule has 0 aliphatic rings. The van der Waals surface area contributed by atoms with Crippen LogP contribution in [0, 0.1) is 0 Å². The number of hydrogen-bond donors (Lipinski definition) is 0. The Morgan fingerprint density at radius 1 is 0.500 bits per heavy atom. The molecule has 0 fully saturated rings. The van der Waals surface area contributed by atoms with E-state index in [2.05, 4.69) is 6.92 Å². The van der Waals surface area contributed by atoms with Crippen LogP contribution in [0.25, 0.3) is 0 Å². The molecule has 0 aromatic heterocycles. The predicted molar refractivity (Wildman–Crippen MR) is 90.8 cm³/mol. The van der Waals surface area contributed by atoms with Gasteiger partial charge in [0.25, 0.3) is 0 Å². The van der Waals surface area contributed by atoms with E-state index in [9.17, 15) is 4.46 Å². The van der Waals surface area contributed by atoms with Crippen molar-refractivity contribution in [1.29, 1.82) is 0 Å². The molecule has 119 valence electrons. The summed E-state index contributed by atoms with van der Waals surface area (Å²) in [5.41, 5.74) is 0. The molecule has 0 bridgehead atoms. The second-order valence-corrected chi connectivity index (χ2v) is 6.99. The van der Waals surface area contributed by atoms with Crippen molar-refractivity contribution in [3.63, 3.8) is 0 Å². The fourth-order valence-electron chi connectivity index (χ4n) is 2.75. The molecule has 0 saturated carbocycles. The molecule has 0 rings (SSSR count). The van der Waals surface area contributed by atoms with Gasteiger partial charge >= 0.3 is 9.41 Å². The summed E-state index contributed by atoms with van der Waals surface area (Å²) in [7, 11) is -0.0812. The highest BCUT2D eigenvalue weighted by Crippen LogP contribution is 2.13. The van der Waals surface area contributed by atoms with Gasteiger partial charge in [0.1, 0.15) is 0 Å². The Kier molecular flexibility index (Phi) is 19.0. The van der Waals surface area contributed by atoms with Crippen molar-refractivity contribution in [1.82, 2.24) is 0 Å². The normalized spacial score (nSPS) is 10.8. The van der Waals surface area contributed by atoms with Gasteiger partial charge in [-0.2, -0.15) is 0 Å². The van der Waals surface area contributed by atoms with Gasteiger partial charge in [0.05, 0.1) is 0 Å². The molecule has 0 aliphatic heterocycles. The van der Waals surface area contributed by atoms with Gasteiger partial charge in [-0.15, -0.1) is 0 Å². The molecule has 1 nitrogen and oxygen atoms in total. The largest absolute Gasteiger partial charge is 0.385 e. The van der Waals surface area contributed by atoms with Gasteiger partial charge in [0.2, 0.25) is 0 Å². The van der Waals surface area contributed by atoms with Crippen molar-refractivity contribution in [3.8, 4) is 0 Å². The Hall–Kier alpha value is 0.0169. The Morgan fingerprint density at radius 2 is 0.800 bits per heavy atom. The summed E-state index contributed by atoms with van der Waals surface area (Å²) in [6.45, 7) is 2.28. The van der Waals surface area contributed by atoms with Crippen molar-refractivity contribution >= 4 is 9.41 Å². The molecule has 0 aliphatic carbocycles. The van der Waals surface area contributed by atoms with Gasteiger partial charge in [0, 0.05) is 0 Å². The standard InChI is InChI=1S/C18H37OSi/c1-2-3-4-5-6-7-8-9-10-11-12-13-14-15-16-17-18-20-19/h2-18H2,1H3. The minimum Gasteiger partial charge on any atom is -0.385 e. The molecular weight excluding hydrogens is 260 g/mol. The van der Waals surface area contributed by atoms with E-state index in [1.165, 1.54) is 103 Å². The van der Waals surface area contributed by atoms with Gasteiger partial charge in [-0.3, -0.25) is 0 Å². The van der Waals surface area contributed by atoms with Crippen molar-refractivity contribution < 1.29 is 4.46 Å². The lowest BCUT2D eigenvalue weighted by molar-refractivity contribution is 0.530. The van der Waals surface area contributed by atoms with Crippen molar-refractivity contribution in [2.75, 3.05) is 0 Å². The summed E-state index contributed by atoms with van der Waals surface area (Å²) in [6.07, 6.45) is 22.5. The molecule has 2 heteroatoms. The molecule has 0 unspecified atom stereocenters. The van der Waals surface area contributed by atoms with Gasteiger partial charge in [-0.1, -0.05) is 103 Å². The van der Waals surface area contributed by atoms with E-state index in [1.54, 1.807) is 0 Å². The maximum atomic E-state index is 10.3. The Morgan fingerprint density at radius 3 is 1.10 bits per heavy atom. The average molecular weight is 298 g/mol. The van der Waals surface area contributed by atoms with E-state index in [1.807, 2.05) is 0 Å². The summed E-state index contributed by atoms with van der Waals surface area (Å²) in [5, 5.41) is 0. The molecule has 0 heterocycles. The Labute approximate surface area is 130 Å². The first kappa shape index (κ1) is 20.0. The molecule has 0 amide bonds. The van der Waals surface area contributed by atoms with E-state index in [4.69, 9.17) is 0 Å². The monoisotopic (exact) mass is 297 g/mol. The van der Waals surface area contributed by atoms with Crippen LogP contribution in [0.4, 0.5) is 0 Å². The molecule has 0 spiro atoms. The topological polar surface area (TPSA) is 17.1 Å². The van der Waals surface area contributed by atoms with Crippen molar-refractivity contribution in [2.45, 2.75) is 116 Å². The summed E-state index contributed by atoms with van der Waals surface area (Å²) in [6, 6.07) is 0.915. The van der Waals surface area contributed by atoms with Crippen LogP contribution >= 0.6 is 0 Å². The maximum absolute atomic E-state index is 10.3. The number of unbranched alkanes of at least 4 members (excludes halogenated alkanes) is 15. The third-order valence-corrected chi connectivity index (χ3v) is 4.69. The summed E-state index contributed by atoms with van der Waals surface area (Å²) < 4.78 is 10.3. The molecule has 1 radical (unpaired) electrons. The second-order valence-electron chi connectivity index (χ2n) is 6.20. The molecule has 0 aromatic rings. The summed E-state index contributed by atoms with van der Waals surface area (Å²) >= 11 is 0. The molecule has 0 saturated heterocycles. The molecule has 0 aromatic carbocycles. The van der Waals surface area contributed by atoms with Crippen molar-refractivity contribution in [2.24, 2.45) is 0 Å². The fourth-order valence-corrected chi connectivity index (χ4v) is 3.14. The zero-order chi connectivity index (χ0) is 14.7. The zero-order valence-corrected chi connectivity index (χ0v) is 14.9. The molecule has 0 N–H and O–H groups in total. The first-order valence-electron chi connectivity index (χ1n) is 9.26. The maximum Gasteiger partial charge on any atom is 0.325 e. The van der Waals surface area contributed by atoms with Gasteiger partial charge in [-0.05, 0) is 12.5 Å². The first-order valence-corrected chi connectivity index (χ1v) is 10.4. The first-order chi connectivity index (χ1) is 9.91. The van der Waals surface area contributed by atoms with E-state index < -0.39 is 0 Å². The fraction of sp³-hybridized carbons (Fsp3) is 1.00.